The second-order valence-corrected chi connectivity index (χ2v) is 9.43. The molecular formula is C27H29N3O3. The fourth-order valence-corrected chi connectivity index (χ4v) is 4.86. The highest BCUT2D eigenvalue weighted by atomic mass is 16.5. The molecule has 0 unspecified atom stereocenters. The van der Waals surface area contributed by atoms with Gasteiger partial charge in [-0.15, -0.1) is 0 Å². The van der Waals surface area contributed by atoms with Crippen molar-refractivity contribution >= 4 is 11.5 Å². The number of carbonyl (C=O) groups excluding carboxylic acids is 1. The maximum Gasteiger partial charge on any atom is 0.162 e. The summed E-state index contributed by atoms with van der Waals surface area (Å²) in [5, 5.41) is 10.2. The van der Waals surface area contributed by atoms with Gasteiger partial charge in [0.2, 0.25) is 0 Å². The van der Waals surface area contributed by atoms with E-state index in [2.05, 4.69) is 19.9 Å². The zero-order valence-corrected chi connectivity index (χ0v) is 19.7. The Morgan fingerprint density at radius 1 is 1.06 bits per heavy atom. The van der Waals surface area contributed by atoms with Crippen LogP contribution >= 0.6 is 0 Å². The Morgan fingerprint density at radius 2 is 1.73 bits per heavy atom. The van der Waals surface area contributed by atoms with Gasteiger partial charge in [0, 0.05) is 23.4 Å². The van der Waals surface area contributed by atoms with Crippen molar-refractivity contribution in [3.05, 3.63) is 76.3 Å². The molecule has 6 nitrogen and oxygen atoms in total. The first-order chi connectivity index (χ1) is 15.7. The Hall–Kier alpha value is -3.72. The Bertz CT molecular complexity index is 1220. The van der Waals surface area contributed by atoms with Crippen molar-refractivity contribution in [2.45, 2.75) is 39.5 Å². The minimum atomic E-state index is -0.560. The number of anilines is 1. The van der Waals surface area contributed by atoms with Crippen molar-refractivity contribution in [2.24, 2.45) is 11.1 Å². The van der Waals surface area contributed by atoms with Gasteiger partial charge < -0.3 is 15.2 Å². The summed E-state index contributed by atoms with van der Waals surface area (Å²) in [6.07, 6.45) is 1.08. The lowest BCUT2D eigenvalue weighted by Gasteiger charge is -2.43. The molecule has 0 fully saturated rings. The SMILES string of the molecule is COc1ccc([C@@H]2C(C#N)=C(N)N(c3ccc(C)cc3)C3=C2C(=O)CC(C)(C)C3)cc1OC. The second kappa shape index (κ2) is 8.32. The van der Waals surface area contributed by atoms with Crippen molar-refractivity contribution in [2.75, 3.05) is 19.1 Å². The molecule has 170 valence electrons. The van der Waals surface area contributed by atoms with E-state index in [9.17, 15) is 10.1 Å². The Balaban J connectivity index is 1.98. The van der Waals surface area contributed by atoms with Crippen LogP contribution in [0.4, 0.5) is 5.69 Å². The summed E-state index contributed by atoms with van der Waals surface area (Å²) in [5.74, 6) is 0.954. The van der Waals surface area contributed by atoms with Crippen LogP contribution < -0.4 is 20.1 Å². The number of ketones is 1. The zero-order chi connectivity index (χ0) is 23.9. The normalized spacial score (nSPS) is 19.8. The summed E-state index contributed by atoms with van der Waals surface area (Å²) in [6.45, 7) is 6.20. The van der Waals surface area contributed by atoms with Crippen LogP contribution in [0.3, 0.4) is 0 Å². The molecule has 2 aliphatic rings. The number of ether oxygens (including phenoxy) is 2. The summed E-state index contributed by atoms with van der Waals surface area (Å²) >= 11 is 0. The first kappa shape index (κ1) is 22.5. The molecule has 0 spiro atoms. The number of methoxy groups -OCH3 is 2. The monoisotopic (exact) mass is 443 g/mol. The third-order valence-electron chi connectivity index (χ3n) is 6.41. The maximum atomic E-state index is 13.6. The van der Waals surface area contributed by atoms with Crippen LogP contribution in [-0.4, -0.2) is 20.0 Å². The van der Waals surface area contributed by atoms with Crippen LogP contribution in [0.15, 0.2) is 65.1 Å². The number of nitriles is 1. The van der Waals surface area contributed by atoms with Gasteiger partial charge in [0.05, 0.1) is 31.8 Å². The first-order valence-corrected chi connectivity index (χ1v) is 11.0. The number of aryl methyl sites for hydroxylation is 1. The average molecular weight is 444 g/mol. The van der Waals surface area contributed by atoms with Gasteiger partial charge in [-0.3, -0.25) is 9.69 Å². The van der Waals surface area contributed by atoms with Crippen molar-refractivity contribution in [3.63, 3.8) is 0 Å². The molecule has 1 aliphatic heterocycles. The number of Topliss-reactive ketones (excluding diaryl/α,β-unsaturated/α-hetero) is 1. The lowest BCUT2D eigenvalue weighted by atomic mass is 9.68. The number of benzene rings is 2. The van der Waals surface area contributed by atoms with Crippen molar-refractivity contribution in [3.8, 4) is 17.6 Å². The molecule has 0 bridgehead atoms. The molecule has 2 aromatic carbocycles. The number of allylic oxidation sites excluding steroid dienone is 3. The van der Waals surface area contributed by atoms with Gasteiger partial charge in [-0.2, -0.15) is 5.26 Å². The van der Waals surface area contributed by atoms with Gasteiger partial charge in [-0.1, -0.05) is 37.6 Å². The van der Waals surface area contributed by atoms with Crippen LogP contribution in [-0.2, 0) is 4.79 Å². The van der Waals surface area contributed by atoms with Crippen LogP contribution in [0.25, 0.3) is 0 Å². The first-order valence-electron chi connectivity index (χ1n) is 11.0. The average Bonchev–Trinajstić information content (AvgIpc) is 2.78. The molecule has 0 aromatic heterocycles. The van der Waals surface area contributed by atoms with Crippen LogP contribution in [0.2, 0.25) is 0 Å². The topological polar surface area (TPSA) is 88.6 Å². The summed E-state index contributed by atoms with van der Waals surface area (Å²) in [5.41, 5.74) is 11.0. The third-order valence-corrected chi connectivity index (χ3v) is 6.41. The lowest BCUT2D eigenvalue weighted by molar-refractivity contribution is -0.118. The van der Waals surface area contributed by atoms with Crippen LogP contribution in [0.5, 0.6) is 11.5 Å². The van der Waals surface area contributed by atoms with Gasteiger partial charge in [0.1, 0.15) is 5.82 Å². The number of hydrogen-bond acceptors (Lipinski definition) is 6. The molecule has 33 heavy (non-hydrogen) atoms. The molecule has 1 heterocycles. The standard InChI is InChI=1S/C27H29N3O3/c1-16-6-9-18(10-7-16)30-20-13-27(2,3)14-21(31)25(20)24(19(15-28)26(30)29)17-8-11-22(32-4)23(12-17)33-5/h6-12,24H,13-14,29H2,1-5H3/t24-/m1/s1. The molecule has 0 radical (unpaired) electrons. The van der Waals surface area contributed by atoms with Gasteiger partial charge >= 0.3 is 0 Å². The Kier molecular flexibility index (Phi) is 5.67. The zero-order valence-electron chi connectivity index (χ0n) is 19.7. The van der Waals surface area contributed by atoms with Crippen LogP contribution in [0.1, 0.15) is 43.7 Å². The minimum Gasteiger partial charge on any atom is -0.493 e. The molecule has 6 heteroatoms. The summed E-state index contributed by atoms with van der Waals surface area (Å²) in [4.78, 5) is 15.5. The molecule has 1 atom stereocenters. The van der Waals surface area contributed by atoms with E-state index in [4.69, 9.17) is 15.2 Å². The van der Waals surface area contributed by atoms with Crippen molar-refractivity contribution in [1.29, 1.82) is 5.26 Å². The largest absolute Gasteiger partial charge is 0.493 e. The Labute approximate surface area is 194 Å². The summed E-state index contributed by atoms with van der Waals surface area (Å²) < 4.78 is 10.9. The van der Waals surface area contributed by atoms with Gasteiger partial charge in [0.15, 0.2) is 17.3 Å². The highest BCUT2D eigenvalue weighted by molar-refractivity contribution is 6.01. The van der Waals surface area contributed by atoms with E-state index in [-0.39, 0.29) is 11.2 Å². The predicted octanol–water partition coefficient (Wildman–Crippen LogP) is 4.95. The minimum absolute atomic E-state index is 0.0402. The predicted molar refractivity (Wildman–Crippen MR) is 128 cm³/mol. The van der Waals surface area contributed by atoms with E-state index < -0.39 is 5.92 Å². The van der Waals surface area contributed by atoms with Crippen molar-refractivity contribution in [1.82, 2.24) is 0 Å². The molecule has 1 aliphatic carbocycles. The van der Waals surface area contributed by atoms with E-state index >= 15 is 0 Å². The van der Waals surface area contributed by atoms with Gasteiger partial charge in [-0.25, -0.2) is 0 Å². The molecule has 0 saturated heterocycles. The molecule has 0 saturated carbocycles. The van der Waals surface area contributed by atoms with Crippen molar-refractivity contribution < 1.29 is 14.3 Å². The van der Waals surface area contributed by atoms with E-state index in [1.165, 1.54) is 0 Å². The molecular weight excluding hydrogens is 414 g/mol. The van der Waals surface area contributed by atoms with Crippen LogP contribution in [0, 0.1) is 23.7 Å². The fraction of sp³-hybridized carbons (Fsp3) is 0.333. The van der Waals surface area contributed by atoms with E-state index in [1.807, 2.05) is 48.2 Å². The second-order valence-electron chi connectivity index (χ2n) is 9.43. The van der Waals surface area contributed by atoms with Gasteiger partial charge in [-0.05, 0) is 48.6 Å². The summed E-state index contributed by atoms with van der Waals surface area (Å²) in [6, 6.07) is 15.8. The Morgan fingerprint density at radius 3 is 2.33 bits per heavy atom. The number of hydrogen-bond donors (Lipinski definition) is 1. The highest BCUT2D eigenvalue weighted by Gasteiger charge is 2.44. The molecule has 0 amide bonds. The lowest BCUT2D eigenvalue weighted by Crippen LogP contribution is -2.42. The number of nitrogens with two attached hydrogens (primary N) is 1. The molecule has 2 aromatic rings. The quantitative estimate of drug-likeness (QED) is 0.719. The molecule has 2 N–H and O–H groups in total. The number of rotatable bonds is 4. The highest BCUT2D eigenvalue weighted by Crippen LogP contribution is 2.50. The molecule has 4 rings (SSSR count). The van der Waals surface area contributed by atoms with E-state index in [0.29, 0.717) is 41.3 Å². The smallest absolute Gasteiger partial charge is 0.162 e. The maximum absolute atomic E-state index is 13.6. The van der Waals surface area contributed by atoms with Gasteiger partial charge in [0.25, 0.3) is 0 Å². The van der Waals surface area contributed by atoms with E-state index in [0.717, 1.165) is 22.5 Å². The third kappa shape index (κ3) is 3.84. The summed E-state index contributed by atoms with van der Waals surface area (Å²) in [7, 11) is 3.14. The fourth-order valence-electron chi connectivity index (χ4n) is 4.86. The van der Waals surface area contributed by atoms with E-state index in [1.54, 1.807) is 20.3 Å². The number of nitrogens with zero attached hydrogens (tertiary/aromatic N) is 2. The number of carbonyl (C=O) groups is 1.